The van der Waals surface area contributed by atoms with Crippen LogP contribution in [0.3, 0.4) is 0 Å². The number of nitrogens with zero attached hydrogens (tertiary/aromatic N) is 4. The van der Waals surface area contributed by atoms with Crippen LogP contribution in [0.2, 0.25) is 0 Å². The number of aromatic nitrogens is 2. The third kappa shape index (κ3) is 3.41. The van der Waals surface area contributed by atoms with Gasteiger partial charge in [-0.05, 0) is 17.7 Å². The maximum absolute atomic E-state index is 11.6. The van der Waals surface area contributed by atoms with Crippen LogP contribution in [0, 0.1) is 0 Å². The number of carbonyl (C=O) groups is 1. The lowest BCUT2D eigenvalue weighted by atomic mass is 10.1. The zero-order valence-electron chi connectivity index (χ0n) is 14.6. The Morgan fingerprint density at radius 3 is 2.58 bits per heavy atom. The monoisotopic (exact) mass is 355 g/mol. The van der Waals surface area contributed by atoms with Gasteiger partial charge >= 0.3 is 0 Å². The molecule has 0 atom stereocenters. The number of carbonyl (C=O) groups excluding carboxylic acids is 1. The molecule has 0 unspecified atom stereocenters. The van der Waals surface area contributed by atoms with Crippen LogP contribution in [0.1, 0.15) is 15.9 Å². The second-order valence-corrected chi connectivity index (χ2v) is 6.30. The van der Waals surface area contributed by atoms with Gasteiger partial charge in [-0.25, -0.2) is 9.97 Å². The summed E-state index contributed by atoms with van der Waals surface area (Å²) in [5.74, 6) is 2.13. The predicted molar refractivity (Wildman–Crippen MR) is 95.5 cm³/mol. The zero-order chi connectivity index (χ0) is 17.9. The summed E-state index contributed by atoms with van der Waals surface area (Å²) < 4.78 is 10.8. The lowest BCUT2D eigenvalue weighted by Gasteiger charge is -2.34. The van der Waals surface area contributed by atoms with Crippen molar-refractivity contribution in [3.8, 4) is 11.5 Å². The number of benzene rings is 1. The molecule has 8 heteroatoms. The van der Waals surface area contributed by atoms with Crippen molar-refractivity contribution >= 4 is 11.9 Å². The first-order chi connectivity index (χ1) is 12.7. The summed E-state index contributed by atoms with van der Waals surface area (Å²) in [5, 5.41) is 2.57. The second-order valence-electron chi connectivity index (χ2n) is 6.30. The topological polar surface area (TPSA) is 79.8 Å². The van der Waals surface area contributed by atoms with E-state index in [4.69, 9.17) is 9.47 Å². The summed E-state index contributed by atoms with van der Waals surface area (Å²) in [7, 11) is 1.59. The minimum atomic E-state index is -0.176. The molecule has 1 aromatic carbocycles. The zero-order valence-corrected chi connectivity index (χ0v) is 14.6. The van der Waals surface area contributed by atoms with Gasteiger partial charge in [0.2, 0.25) is 12.7 Å². The van der Waals surface area contributed by atoms with Crippen molar-refractivity contribution in [2.75, 3.05) is 44.9 Å². The Hall–Kier alpha value is -2.87. The number of anilines is 1. The van der Waals surface area contributed by atoms with Gasteiger partial charge in [-0.1, -0.05) is 6.07 Å². The lowest BCUT2D eigenvalue weighted by molar-refractivity contribution is 0.0962. The average Bonchev–Trinajstić information content (AvgIpc) is 3.16. The fourth-order valence-electron chi connectivity index (χ4n) is 3.15. The van der Waals surface area contributed by atoms with E-state index in [1.54, 1.807) is 19.4 Å². The van der Waals surface area contributed by atoms with Gasteiger partial charge in [-0.3, -0.25) is 9.69 Å². The fourth-order valence-corrected chi connectivity index (χ4v) is 3.15. The van der Waals surface area contributed by atoms with Crippen molar-refractivity contribution in [2.45, 2.75) is 6.54 Å². The first-order valence-electron chi connectivity index (χ1n) is 8.63. The Labute approximate surface area is 151 Å². The number of rotatable bonds is 4. The highest BCUT2D eigenvalue weighted by molar-refractivity contribution is 5.93. The molecule has 1 amide bonds. The van der Waals surface area contributed by atoms with Crippen molar-refractivity contribution in [3.63, 3.8) is 0 Å². The lowest BCUT2D eigenvalue weighted by Crippen LogP contribution is -2.46. The molecule has 3 heterocycles. The summed E-state index contributed by atoms with van der Waals surface area (Å²) in [6.07, 6.45) is 3.14. The molecule has 4 rings (SSSR count). The van der Waals surface area contributed by atoms with E-state index in [0.29, 0.717) is 18.3 Å². The quantitative estimate of drug-likeness (QED) is 0.872. The van der Waals surface area contributed by atoms with Gasteiger partial charge in [0.1, 0.15) is 0 Å². The number of piperazine rings is 1. The maximum Gasteiger partial charge on any atom is 0.254 e. The Bertz CT molecular complexity index is 788. The first-order valence-corrected chi connectivity index (χ1v) is 8.63. The summed E-state index contributed by atoms with van der Waals surface area (Å²) in [6.45, 7) is 4.73. The van der Waals surface area contributed by atoms with Gasteiger partial charge in [0.05, 0.1) is 5.56 Å². The van der Waals surface area contributed by atoms with Crippen LogP contribution in [-0.2, 0) is 6.54 Å². The molecule has 1 N–H and O–H groups in total. The van der Waals surface area contributed by atoms with Crippen molar-refractivity contribution in [2.24, 2.45) is 0 Å². The van der Waals surface area contributed by atoms with Crippen molar-refractivity contribution in [1.29, 1.82) is 0 Å². The average molecular weight is 355 g/mol. The van der Waals surface area contributed by atoms with Gasteiger partial charge in [0.25, 0.3) is 5.91 Å². The molecule has 0 aliphatic carbocycles. The van der Waals surface area contributed by atoms with Crippen LogP contribution in [-0.4, -0.2) is 60.8 Å². The van der Waals surface area contributed by atoms with E-state index in [1.165, 1.54) is 5.56 Å². The smallest absolute Gasteiger partial charge is 0.254 e. The summed E-state index contributed by atoms with van der Waals surface area (Å²) in [5.41, 5.74) is 1.69. The molecule has 2 aliphatic rings. The Morgan fingerprint density at radius 2 is 1.85 bits per heavy atom. The van der Waals surface area contributed by atoms with E-state index in [2.05, 4.69) is 37.2 Å². The molecule has 26 heavy (non-hydrogen) atoms. The molecule has 0 radical (unpaired) electrons. The van der Waals surface area contributed by atoms with Crippen molar-refractivity contribution in [3.05, 3.63) is 41.7 Å². The van der Waals surface area contributed by atoms with E-state index in [1.807, 2.05) is 6.07 Å². The Kier molecular flexibility index (Phi) is 4.57. The van der Waals surface area contributed by atoms with Crippen LogP contribution in [0.4, 0.5) is 5.95 Å². The predicted octanol–water partition coefficient (Wildman–Crippen LogP) is 0.887. The standard InChI is InChI=1S/C18H21N5O3/c1-19-17(24)14-9-20-18(21-10-14)23-6-4-22(5-7-23)11-13-2-3-15-16(8-13)26-12-25-15/h2-3,8-10H,4-7,11-12H2,1H3,(H,19,24). The van der Waals surface area contributed by atoms with Crippen LogP contribution < -0.4 is 19.7 Å². The highest BCUT2D eigenvalue weighted by Gasteiger charge is 2.20. The largest absolute Gasteiger partial charge is 0.454 e. The summed E-state index contributed by atoms with van der Waals surface area (Å²) in [4.78, 5) is 24.7. The molecule has 2 aliphatic heterocycles. The van der Waals surface area contributed by atoms with Crippen LogP contribution >= 0.6 is 0 Å². The number of nitrogens with one attached hydrogen (secondary N) is 1. The van der Waals surface area contributed by atoms with E-state index in [-0.39, 0.29) is 5.91 Å². The number of hydrogen-bond donors (Lipinski definition) is 1. The summed E-state index contributed by atoms with van der Waals surface area (Å²) in [6, 6.07) is 6.10. The van der Waals surface area contributed by atoms with Gasteiger partial charge in [-0.2, -0.15) is 0 Å². The molecule has 2 aromatic rings. The number of hydrogen-bond acceptors (Lipinski definition) is 7. The molecular weight excluding hydrogens is 334 g/mol. The van der Waals surface area contributed by atoms with Crippen LogP contribution in [0.25, 0.3) is 0 Å². The Morgan fingerprint density at radius 1 is 1.12 bits per heavy atom. The van der Waals surface area contributed by atoms with E-state index < -0.39 is 0 Å². The van der Waals surface area contributed by atoms with Crippen LogP contribution in [0.5, 0.6) is 11.5 Å². The molecule has 136 valence electrons. The molecule has 8 nitrogen and oxygen atoms in total. The van der Waals surface area contributed by atoms with Gasteiger partial charge in [0.15, 0.2) is 11.5 Å². The minimum absolute atomic E-state index is 0.176. The highest BCUT2D eigenvalue weighted by Crippen LogP contribution is 2.32. The third-order valence-electron chi connectivity index (χ3n) is 4.63. The fraction of sp³-hybridized carbons (Fsp3) is 0.389. The molecule has 0 bridgehead atoms. The number of amides is 1. The highest BCUT2D eigenvalue weighted by atomic mass is 16.7. The van der Waals surface area contributed by atoms with E-state index in [0.717, 1.165) is 44.2 Å². The van der Waals surface area contributed by atoms with Gasteiger partial charge < -0.3 is 19.7 Å². The van der Waals surface area contributed by atoms with Crippen molar-refractivity contribution in [1.82, 2.24) is 20.2 Å². The molecule has 1 fully saturated rings. The van der Waals surface area contributed by atoms with Gasteiger partial charge in [-0.15, -0.1) is 0 Å². The summed E-state index contributed by atoms with van der Waals surface area (Å²) >= 11 is 0. The van der Waals surface area contributed by atoms with Gasteiger partial charge in [0, 0.05) is 52.2 Å². The second kappa shape index (κ2) is 7.17. The molecule has 1 saturated heterocycles. The first kappa shape index (κ1) is 16.6. The SMILES string of the molecule is CNC(=O)c1cnc(N2CCN(Cc3ccc4c(c3)OCO4)CC2)nc1. The van der Waals surface area contributed by atoms with E-state index in [9.17, 15) is 4.79 Å². The number of ether oxygens (including phenoxy) is 2. The van der Waals surface area contributed by atoms with Crippen LogP contribution in [0.15, 0.2) is 30.6 Å². The molecular formula is C18H21N5O3. The maximum atomic E-state index is 11.6. The molecule has 0 saturated carbocycles. The third-order valence-corrected chi connectivity index (χ3v) is 4.63. The molecule has 0 spiro atoms. The number of fused-ring (bicyclic) bond motifs is 1. The minimum Gasteiger partial charge on any atom is -0.454 e. The van der Waals surface area contributed by atoms with Crippen molar-refractivity contribution < 1.29 is 14.3 Å². The Balaban J connectivity index is 1.33. The molecule has 1 aromatic heterocycles. The normalized spacial score (nSPS) is 16.6. The van der Waals surface area contributed by atoms with E-state index >= 15 is 0 Å².